The topological polar surface area (TPSA) is 15.5 Å². The molecule has 0 bridgehead atoms. The van der Waals surface area contributed by atoms with Crippen LogP contribution < -0.4 is 20.1 Å². The van der Waals surface area contributed by atoms with Crippen molar-refractivity contribution < 1.29 is 9.31 Å². The molecular weight excluding hydrogens is 712 g/mol. The molecule has 2 aliphatic carbocycles. The van der Waals surface area contributed by atoms with Crippen molar-refractivity contribution in [1.29, 1.82) is 0 Å². The van der Waals surface area contributed by atoms with Gasteiger partial charge in [0, 0.05) is 47.4 Å². The van der Waals surface area contributed by atoms with Crippen LogP contribution in [0.15, 0.2) is 121 Å². The van der Waals surface area contributed by atoms with Crippen molar-refractivity contribution in [2.45, 2.75) is 38.4 Å². The third-order valence-corrected chi connectivity index (χ3v) is 12.4. The van der Waals surface area contributed by atoms with Gasteiger partial charge in [0.2, 0.25) is 0 Å². The third-order valence-electron chi connectivity index (χ3n) is 11.8. The molecule has 0 atom stereocenters. The summed E-state index contributed by atoms with van der Waals surface area (Å²) in [4.78, 5) is 2.44. The summed E-state index contributed by atoms with van der Waals surface area (Å²) in [6, 6.07) is 43.3. The van der Waals surface area contributed by atoms with Gasteiger partial charge in [0.1, 0.15) is 24.6 Å². The van der Waals surface area contributed by atoms with Crippen LogP contribution in [0.3, 0.4) is 0 Å². The average molecular weight is 757 g/mol. The lowest BCUT2D eigenvalue weighted by Crippen LogP contribution is -2.44. The molecule has 0 radical (unpaired) electrons. The molecule has 3 aliphatic rings. The second-order valence-corrected chi connectivity index (χ2v) is 14.8. The van der Waals surface area contributed by atoms with Crippen molar-refractivity contribution in [2.24, 2.45) is 0 Å². The van der Waals surface area contributed by atoms with Gasteiger partial charge in [-0.3, -0.25) is 0 Å². The van der Waals surface area contributed by atoms with Crippen LogP contribution in [-0.2, 0) is 10.7 Å². The van der Waals surface area contributed by atoms with Crippen LogP contribution in [-0.4, -0.2) is 36.5 Å². The van der Waals surface area contributed by atoms with Crippen molar-refractivity contribution in [2.75, 3.05) is 31.1 Å². The van der Waals surface area contributed by atoms with E-state index in [-0.39, 0.29) is 0 Å². The lowest BCUT2D eigenvalue weighted by atomic mass is 9.58. The second-order valence-electron chi connectivity index (χ2n) is 14.2. The van der Waals surface area contributed by atoms with Crippen molar-refractivity contribution >= 4 is 55.8 Å². The number of benzene rings is 6. The predicted molar refractivity (Wildman–Crippen MR) is 226 cm³/mol. The number of halogens is 1. The van der Waals surface area contributed by atoms with Crippen LogP contribution in [0.5, 0.6) is 11.5 Å². The molecule has 3 nitrogen and oxygen atoms in total. The maximum Gasteiger partial charge on any atom is 0.200 e. The highest BCUT2D eigenvalue weighted by Gasteiger charge is 2.49. The Bertz CT molecular complexity index is 2590. The lowest BCUT2D eigenvalue weighted by molar-refractivity contribution is -0.518. The average Bonchev–Trinajstić information content (AvgIpc) is 3.20. The Hall–Kier alpha value is -5.19. The summed E-state index contributed by atoms with van der Waals surface area (Å²) in [6.07, 6.45) is 7.01. The minimum atomic E-state index is -0.637. The van der Waals surface area contributed by atoms with E-state index in [0.717, 1.165) is 43.0 Å². The summed E-state index contributed by atoms with van der Waals surface area (Å²) in [5.74, 6) is 1.81. The molecule has 0 saturated carbocycles. The number of rotatable bonds is 7. The van der Waals surface area contributed by atoms with Gasteiger partial charge in [0.05, 0.1) is 5.41 Å². The summed E-state index contributed by atoms with van der Waals surface area (Å²) in [5, 5.41) is 5.76. The standard InChI is InChI=1S/C49H44BrN2O/c1-5-51(6-2)37-23-21-32-27-40-44(29-35(32)25-37)49(42-17-11-13-19-46(42)53-47-20-14-12-18-43(47)49)45-30-36-26-38(52(7-3)8-4)24-22-33(36)28-41(45)48(40)39-16-10-9-15-34(39)31-50/h9-30H,5-8,31H2,1-4H3/q+1. The summed E-state index contributed by atoms with van der Waals surface area (Å²) < 4.78 is 9.23. The smallest absolute Gasteiger partial charge is 0.200 e. The molecule has 1 aliphatic heterocycles. The summed E-state index contributed by atoms with van der Waals surface area (Å²) in [6.45, 7) is 12.8. The van der Waals surface area contributed by atoms with Crippen LogP contribution in [0, 0.1) is 0 Å². The molecule has 4 heteroatoms. The van der Waals surface area contributed by atoms with Crippen LogP contribution in [0.1, 0.15) is 72.2 Å². The minimum absolute atomic E-state index is 0.637. The van der Waals surface area contributed by atoms with Crippen LogP contribution >= 0.6 is 15.9 Å². The number of fused-ring (bicyclic) bond motifs is 10. The fourth-order valence-electron chi connectivity index (χ4n) is 9.21. The van der Waals surface area contributed by atoms with E-state index in [1.54, 1.807) is 0 Å². The molecule has 262 valence electrons. The van der Waals surface area contributed by atoms with Gasteiger partial charge in [0.15, 0.2) is 5.71 Å². The number of para-hydroxylation sites is 2. The highest BCUT2D eigenvalue weighted by atomic mass is 79.9. The number of anilines is 1. The zero-order valence-electron chi connectivity index (χ0n) is 30.9. The van der Waals surface area contributed by atoms with Crippen molar-refractivity contribution in [3.05, 3.63) is 176 Å². The van der Waals surface area contributed by atoms with Crippen LogP contribution in [0.2, 0.25) is 0 Å². The molecular formula is C49H44BrN2O+. The Morgan fingerprint density at radius 1 is 0.642 bits per heavy atom. The Morgan fingerprint density at radius 3 is 2.04 bits per heavy atom. The van der Waals surface area contributed by atoms with E-state index in [2.05, 4.69) is 187 Å². The number of ether oxygens (including phenoxy) is 1. The molecule has 0 N–H and O–H groups in total. The van der Waals surface area contributed by atoms with E-state index in [1.807, 2.05) is 0 Å². The molecule has 6 aromatic rings. The molecule has 9 rings (SSSR count). The van der Waals surface area contributed by atoms with Gasteiger partial charge in [-0.05, 0) is 142 Å². The molecule has 0 saturated heterocycles. The summed E-state index contributed by atoms with van der Waals surface area (Å²) in [5.41, 5.74) is 13.1. The van der Waals surface area contributed by atoms with Gasteiger partial charge < -0.3 is 9.64 Å². The van der Waals surface area contributed by atoms with Crippen LogP contribution in [0.4, 0.5) is 5.69 Å². The second kappa shape index (κ2) is 13.3. The predicted octanol–water partition coefficient (Wildman–Crippen LogP) is 9.93. The first kappa shape index (κ1) is 33.6. The number of alkyl halides is 1. The number of allylic oxidation sites excluding steroid dienone is 1. The molecule has 0 aromatic heterocycles. The first-order chi connectivity index (χ1) is 26.0. The van der Waals surface area contributed by atoms with Gasteiger partial charge in [-0.2, -0.15) is 0 Å². The highest BCUT2D eigenvalue weighted by Crippen LogP contribution is 2.57. The highest BCUT2D eigenvalue weighted by molar-refractivity contribution is 9.08. The Morgan fingerprint density at radius 2 is 1.34 bits per heavy atom. The lowest BCUT2D eigenvalue weighted by Gasteiger charge is -2.45. The number of nitrogens with zero attached hydrogens (tertiary/aromatic N) is 2. The Kier molecular flexibility index (Phi) is 8.47. The van der Waals surface area contributed by atoms with Crippen LogP contribution in [0.25, 0.3) is 28.5 Å². The maximum absolute atomic E-state index is 6.79. The van der Waals surface area contributed by atoms with Gasteiger partial charge in [0.25, 0.3) is 0 Å². The SMILES string of the molecule is CCN(CC)c1ccc2cc3c(cc2c1)C1(c2ccccc2Oc2ccccc21)c1cc2c(cc1=C3c1ccccc1CBr)C=CC(=[N+](CC)CC)C=2. The summed E-state index contributed by atoms with van der Waals surface area (Å²) >= 11 is 3.88. The Balaban J connectivity index is 1.53. The largest absolute Gasteiger partial charge is 0.457 e. The zero-order chi connectivity index (χ0) is 36.3. The van der Waals surface area contributed by atoms with Gasteiger partial charge in [-0.25, -0.2) is 4.58 Å². The molecule has 53 heavy (non-hydrogen) atoms. The molecule has 6 aromatic carbocycles. The monoisotopic (exact) mass is 755 g/mol. The summed E-state index contributed by atoms with van der Waals surface area (Å²) in [7, 11) is 0. The number of hydrogen-bond donors (Lipinski definition) is 0. The molecule has 0 fully saturated rings. The Labute approximate surface area is 321 Å². The minimum Gasteiger partial charge on any atom is -0.457 e. The van der Waals surface area contributed by atoms with E-state index in [0.29, 0.717) is 0 Å². The van der Waals surface area contributed by atoms with Crippen molar-refractivity contribution in [3.8, 4) is 11.5 Å². The molecule has 0 unspecified atom stereocenters. The fraction of sp³-hybridized carbons (Fsp3) is 0.204. The first-order valence-electron chi connectivity index (χ1n) is 19.1. The quantitative estimate of drug-likeness (QED) is 0.119. The van der Waals surface area contributed by atoms with E-state index in [9.17, 15) is 0 Å². The first-order valence-corrected chi connectivity index (χ1v) is 20.2. The molecule has 1 heterocycles. The van der Waals surface area contributed by atoms with Crippen molar-refractivity contribution in [1.82, 2.24) is 0 Å². The maximum atomic E-state index is 6.79. The third kappa shape index (κ3) is 5.10. The number of hydrogen-bond acceptors (Lipinski definition) is 2. The van der Waals surface area contributed by atoms with Gasteiger partial charge in [-0.15, -0.1) is 0 Å². The zero-order valence-corrected chi connectivity index (χ0v) is 32.5. The van der Waals surface area contributed by atoms with E-state index in [4.69, 9.17) is 4.74 Å². The van der Waals surface area contributed by atoms with Crippen molar-refractivity contribution in [3.63, 3.8) is 0 Å². The normalized spacial score (nSPS) is 14.4. The fourth-order valence-corrected chi connectivity index (χ4v) is 9.70. The van der Waals surface area contributed by atoms with E-state index < -0.39 is 5.41 Å². The van der Waals surface area contributed by atoms with E-state index in [1.165, 1.54) is 82.7 Å². The van der Waals surface area contributed by atoms with E-state index >= 15 is 0 Å². The van der Waals surface area contributed by atoms with Gasteiger partial charge >= 0.3 is 0 Å². The molecule has 0 amide bonds. The van der Waals surface area contributed by atoms with Gasteiger partial charge in [-0.1, -0.05) is 82.7 Å². The molecule has 1 spiro atoms.